The summed E-state index contributed by atoms with van der Waals surface area (Å²) in [7, 11) is 0. The van der Waals surface area contributed by atoms with Crippen LogP contribution in [0, 0.1) is 0 Å². The summed E-state index contributed by atoms with van der Waals surface area (Å²) in [5.41, 5.74) is 2.35. The number of carbonyl (C=O) groups is 1. The van der Waals surface area contributed by atoms with E-state index in [-0.39, 0.29) is 12.1 Å². The molecule has 0 fully saturated rings. The molecule has 3 heterocycles. The van der Waals surface area contributed by atoms with Gasteiger partial charge in [-0.15, -0.1) is 11.3 Å². The Hall–Kier alpha value is -2.08. The predicted octanol–water partition coefficient (Wildman–Crippen LogP) is 4.21. The average Bonchev–Trinajstić information content (AvgIpc) is 3.16. The molecule has 1 atom stereocenters. The van der Waals surface area contributed by atoms with Gasteiger partial charge < -0.3 is 15.1 Å². The van der Waals surface area contributed by atoms with E-state index in [9.17, 15) is 4.79 Å². The fraction of sp³-hybridized carbons (Fsp3) is 0.500. The number of hydrogen-bond acceptors (Lipinski definition) is 4. The number of nitrogens with zero attached hydrogens (tertiary/aromatic N) is 3. The molecule has 0 aromatic carbocycles. The number of hydrogen-bond donors (Lipinski definition) is 1. The van der Waals surface area contributed by atoms with E-state index in [4.69, 9.17) is 0 Å². The second-order valence-corrected chi connectivity index (χ2v) is 7.52. The number of nitrogens with one attached hydrogen (secondary N) is 1. The number of rotatable bonds is 6. The minimum Gasteiger partial charge on any atom is -0.357 e. The highest BCUT2D eigenvalue weighted by Crippen LogP contribution is 2.35. The zero-order valence-electron chi connectivity index (χ0n) is 15.9. The standard InChI is InChI=1S/C20H28N4OS/c1-4-17-16-10-12-26-18(16)9-11-24(17)20(25)22-14-15-7-8-19(21-13-15)23(5-2)6-3/h7-8,10,12-13,17H,4-6,9,11,14H2,1-3H3,(H,22,25). The minimum atomic E-state index is 0.0153. The first-order valence-corrected chi connectivity index (χ1v) is 10.4. The van der Waals surface area contributed by atoms with Crippen molar-refractivity contribution in [2.45, 2.75) is 46.2 Å². The molecule has 3 rings (SSSR count). The maximum Gasteiger partial charge on any atom is 0.318 e. The molecule has 0 spiro atoms. The molecule has 2 aromatic rings. The monoisotopic (exact) mass is 372 g/mol. The Morgan fingerprint density at radius 1 is 1.31 bits per heavy atom. The molecule has 2 aromatic heterocycles. The zero-order chi connectivity index (χ0) is 18.5. The van der Waals surface area contributed by atoms with Crippen LogP contribution < -0.4 is 10.2 Å². The van der Waals surface area contributed by atoms with Gasteiger partial charge in [-0.2, -0.15) is 0 Å². The van der Waals surface area contributed by atoms with Crippen molar-refractivity contribution >= 4 is 23.2 Å². The van der Waals surface area contributed by atoms with Crippen LogP contribution in [0.15, 0.2) is 29.8 Å². The third kappa shape index (κ3) is 3.85. The van der Waals surface area contributed by atoms with Crippen LogP contribution in [-0.2, 0) is 13.0 Å². The SMILES string of the molecule is CCC1c2ccsc2CCN1C(=O)NCc1ccc(N(CC)CC)nc1. The summed E-state index contributed by atoms with van der Waals surface area (Å²) in [6.45, 7) is 9.58. The Kier molecular flexibility index (Phi) is 6.14. The van der Waals surface area contributed by atoms with Crippen molar-refractivity contribution in [3.05, 3.63) is 45.8 Å². The molecule has 1 aliphatic rings. The summed E-state index contributed by atoms with van der Waals surface area (Å²) in [6.07, 6.45) is 3.76. The van der Waals surface area contributed by atoms with Crippen molar-refractivity contribution < 1.29 is 4.79 Å². The highest BCUT2D eigenvalue weighted by Gasteiger charge is 2.30. The first-order chi connectivity index (χ1) is 12.7. The smallest absolute Gasteiger partial charge is 0.318 e. The molecule has 0 radical (unpaired) electrons. The summed E-state index contributed by atoms with van der Waals surface area (Å²) in [5.74, 6) is 0.983. The average molecular weight is 373 g/mol. The van der Waals surface area contributed by atoms with Gasteiger partial charge >= 0.3 is 6.03 Å². The number of anilines is 1. The Bertz CT molecular complexity index is 724. The van der Waals surface area contributed by atoms with Gasteiger partial charge in [0.25, 0.3) is 0 Å². The lowest BCUT2D eigenvalue weighted by Gasteiger charge is -2.35. The zero-order valence-corrected chi connectivity index (χ0v) is 16.7. The quantitative estimate of drug-likeness (QED) is 0.826. The Labute approximate surface area is 160 Å². The third-order valence-corrected chi connectivity index (χ3v) is 6.08. The van der Waals surface area contributed by atoms with Crippen LogP contribution in [0.5, 0.6) is 0 Å². The molecule has 0 aliphatic carbocycles. The van der Waals surface area contributed by atoms with Gasteiger partial charge in [0, 0.05) is 37.3 Å². The molecular formula is C20H28N4OS. The fourth-order valence-electron chi connectivity index (χ4n) is 3.61. The molecule has 1 N–H and O–H groups in total. The largest absolute Gasteiger partial charge is 0.357 e. The van der Waals surface area contributed by atoms with Crippen LogP contribution >= 0.6 is 11.3 Å². The van der Waals surface area contributed by atoms with Crippen molar-refractivity contribution in [2.24, 2.45) is 0 Å². The van der Waals surface area contributed by atoms with Crippen LogP contribution in [0.4, 0.5) is 10.6 Å². The van der Waals surface area contributed by atoms with Gasteiger partial charge in [-0.05, 0) is 55.3 Å². The topological polar surface area (TPSA) is 48.5 Å². The number of urea groups is 1. The first-order valence-electron chi connectivity index (χ1n) is 9.48. The van der Waals surface area contributed by atoms with Crippen LogP contribution in [0.25, 0.3) is 0 Å². The molecule has 2 amide bonds. The fourth-order valence-corrected chi connectivity index (χ4v) is 4.54. The number of fused-ring (bicyclic) bond motifs is 1. The van der Waals surface area contributed by atoms with E-state index in [0.717, 1.165) is 43.9 Å². The predicted molar refractivity (Wildman–Crippen MR) is 108 cm³/mol. The maximum atomic E-state index is 12.7. The Morgan fingerprint density at radius 2 is 2.12 bits per heavy atom. The summed E-state index contributed by atoms with van der Waals surface area (Å²) in [5, 5.41) is 5.21. The molecule has 0 saturated carbocycles. The van der Waals surface area contributed by atoms with Gasteiger partial charge in [0.05, 0.1) is 6.04 Å². The van der Waals surface area contributed by atoms with E-state index in [1.807, 2.05) is 23.2 Å². The highest BCUT2D eigenvalue weighted by molar-refractivity contribution is 7.10. The maximum absolute atomic E-state index is 12.7. The lowest BCUT2D eigenvalue weighted by Crippen LogP contribution is -2.44. The summed E-state index contributed by atoms with van der Waals surface area (Å²) < 4.78 is 0. The Morgan fingerprint density at radius 3 is 2.77 bits per heavy atom. The van der Waals surface area contributed by atoms with Gasteiger partial charge in [-0.3, -0.25) is 0 Å². The second-order valence-electron chi connectivity index (χ2n) is 6.52. The van der Waals surface area contributed by atoms with E-state index in [0.29, 0.717) is 6.54 Å². The summed E-state index contributed by atoms with van der Waals surface area (Å²) in [6, 6.07) is 6.45. The number of carbonyl (C=O) groups excluding carboxylic acids is 1. The lowest BCUT2D eigenvalue weighted by molar-refractivity contribution is 0.167. The number of thiophene rings is 1. The van der Waals surface area contributed by atoms with Gasteiger partial charge in [0.2, 0.25) is 0 Å². The van der Waals surface area contributed by atoms with Crippen LogP contribution in [0.2, 0.25) is 0 Å². The molecule has 26 heavy (non-hydrogen) atoms. The van der Waals surface area contributed by atoms with Crippen molar-refractivity contribution in [1.29, 1.82) is 0 Å². The molecule has 5 nitrogen and oxygen atoms in total. The molecular weight excluding hydrogens is 344 g/mol. The van der Waals surface area contributed by atoms with E-state index in [1.165, 1.54) is 10.4 Å². The lowest BCUT2D eigenvalue weighted by atomic mass is 9.98. The number of aromatic nitrogens is 1. The first kappa shape index (κ1) is 18.7. The van der Waals surface area contributed by atoms with Gasteiger partial charge in [-0.1, -0.05) is 13.0 Å². The summed E-state index contributed by atoms with van der Waals surface area (Å²) in [4.78, 5) is 22.9. The highest BCUT2D eigenvalue weighted by atomic mass is 32.1. The number of pyridine rings is 1. The van der Waals surface area contributed by atoms with Crippen LogP contribution in [0.3, 0.4) is 0 Å². The second kappa shape index (κ2) is 8.54. The van der Waals surface area contributed by atoms with E-state index < -0.39 is 0 Å². The van der Waals surface area contributed by atoms with Gasteiger partial charge in [0.15, 0.2) is 0 Å². The molecule has 1 aliphatic heterocycles. The molecule has 140 valence electrons. The van der Waals surface area contributed by atoms with Crippen molar-refractivity contribution in [3.63, 3.8) is 0 Å². The number of amides is 2. The molecule has 1 unspecified atom stereocenters. The van der Waals surface area contributed by atoms with E-state index >= 15 is 0 Å². The van der Waals surface area contributed by atoms with Crippen LogP contribution in [-0.4, -0.2) is 35.5 Å². The molecule has 0 bridgehead atoms. The van der Waals surface area contributed by atoms with Crippen molar-refractivity contribution in [3.8, 4) is 0 Å². The van der Waals surface area contributed by atoms with Crippen LogP contribution in [0.1, 0.15) is 49.2 Å². The van der Waals surface area contributed by atoms with Gasteiger partial charge in [-0.25, -0.2) is 9.78 Å². The molecule has 0 saturated heterocycles. The third-order valence-electron chi connectivity index (χ3n) is 5.08. The van der Waals surface area contributed by atoms with Crippen molar-refractivity contribution in [2.75, 3.05) is 24.5 Å². The van der Waals surface area contributed by atoms with E-state index in [2.05, 4.69) is 47.4 Å². The minimum absolute atomic E-state index is 0.0153. The normalized spacial score (nSPS) is 16.3. The van der Waals surface area contributed by atoms with Crippen molar-refractivity contribution in [1.82, 2.24) is 15.2 Å². The van der Waals surface area contributed by atoms with Gasteiger partial charge in [0.1, 0.15) is 5.82 Å². The summed E-state index contributed by atoms with van der Waals surface area (Å²) >= 11 is 1.81. The van der Waals surface area contributed by atoms with E-state index in [1.54, 1.807) is 11.3 Å². The Balaban J connectivity index is 1.60. The molecule has 6 heteroatoms.